The molecule has 23 heavy (non-hydrogen) atoms. The van der Waals surface area contributed by atoms with Crippen LogP contribution in [0, 0.1) is 0 Å². The molecule has 1 amide bonds. The number of carbonyl (C=O) groups excluding carboxylic acids is 1. The average Bonchev–Trinajstić information content (AvgIpc) is 3.04. The zero-order chi connectivity index (χ0) is 17.0. The number of hydrogen-bond donors (Lipinski definition) is 2. The van der Waals surface area contributed by atoms with Crippen LogP contribution in [0.15, 0.2) is 42.6 Å². The van der Waals surface area contributed by atoms with E-state index in [1.165, 1.54) is 0 Å². The molecule has 0 radical (unpaired) electrons. The first kappa shape index (κ1) is 17.1. The summed E-state index contributed by atoms with van der Waals surface area (Å²) < 4.78 is 7.01. The van der Waals surface area contributed by atoms with Gasteiger partial charge in [-0.25, -0.2) is 0 Å². The molecule has 5 nitrogen and oxygen atoms in total. The van der Waals surface area contributed by atoms with Gasteiger partial charge in [0.2, 0.25) is 0 Å². The minimum Gasteiger partial charge on any atom is -0.497 e. The molecule has 1 aromatic heterocycles. The number of nitrogens with zero attached hydrogens (tertiary/aromatic N) is 1. The van der Waals surface area contributed by atoms with Gasteiger partial charge in [0.1, 0.15) is 11.4 Å². The molecule has 2 N–H and O–H groups in total. The zero-order valence-electron chi connectivity index (χ0n) is 14.0. The Bertz CT molecular complexity index is 647. The maximum absolute atomic E-state index is 12.4. The van der Waals surface area contributed by atoms with Gasteiger partial charge < -0.3 is 19.7 Å². The van der Waals surface area contributed by atoms with Crippen molar-refractivity contribution in [2.45, 2.75) is 39.0 Å². The van der Waals surface area contributed by atoms with E-state index < -0.39 is 12.1 Å². The van der Waals surface area contributed by atoms with Crippen molar-refractivity contribution in [1.82, 2.24) is 9.88 Å². The zero-order valence-corrected chi connectivity index (χ0v) is 14.0. The fourth-order valence-corrected chi connectivity index (χ4v) is 2.49. The molecule has 2 atom stereocenters. The van der Waals surface area contributed by atoms with Crippen molar-refractivity contribution in [2.75, 3.05) is 7.11 Å². The molecule has 2 unspecified atom stereocenters. The van der Waals surface area contributed by atoms with Gasteiger partial charge in [0.05, 0.1) is 19.3 Å². The van der Waals surface area contributed by atoms with Crippen LogP contribution in [0.5, 0.6) is 5.75 Å². The number of rotatable bonds is 6. The molecular weight excluding hydrogens is 292 g/mol. The maximum Gasteiger partial charge on any atom is 0.268 e. The molecule has 0 saturated heterocycles. The predicted octanol–water partition coefficient (Wildman–Crippen LogP) is 2.93. The number of nitrogens with one attached hydrogen (secondary N) is 1. The van der Waals surface area contributed by atoms with Crippen LogP contribution in [0.1, 0.15) is 49.0 Å². The standard InChI is InChI=1S/C18H24N2O3/c1-12(2)20-11-5-6-16(20)18(22)19-13(3)17(21)14-7-9-15(23-4)10-8-14/h5-13,17,21H,1-4H3,(H,19,22). The lowest BCUT2D eigenvalue weighted by Gasteiger charge is -2.22. The molecule has 124 valence electrons. The maximum atomic E-state index is 12.4. The van der Waals surface area contributed by atoms with Crippen molar-refractivity contribution in [1.29, 1.82) is 0 Å². The van der Waals surface area contributed by atoms with Gasteiger partial charge in [0.15, 0.2) is 0 Å². The van der Waals surface area contributed by atoms with E-state index in [0.29, 0.717) is 5.69 Å². The highest BCUT2D eigenvalue weighted by Gasteiger charge is 2.21. The third kappa shape index (κ3) is 3.93. The van der Waals surface area contributed by atoms with E-state index in [2.05, 4.69) is 5.32 Å². The molecule has 1 aromatic carbocycles. The number of methoxy groups -OCH3 is 1. The summed E-state index contributed by atoms with van der Waals surface area (Å²) in [6.45, 7) is 5.83. The second-order valence-electron chi connectivity index (χ2n) is 5.87. The number of aromatic nitrogens is 1. The van der Waals surface area contributed by atoms with Crippen LogP contribution in [0.25, 0.3) is 0 Å². The quantitative estimate of drug-likeness (QED) is 0.861. The fraction of sp³-hybridized carbons (Fsp3) is 0.389. The van der Waals surface area contributed by atoms with Crippen LogP contribution in [-0.2, 0) is 0 Å². The normalized spacial score (nSPS) is 13.7. The molecule has 0 fully saturated rings. The van der Waals surface area contributed by atoms with E-state index in [0.717, 1.165) is 11.3 Å². The van der Waals surface area contributed by atoms with Gasteiger partial charge in [0, 0.05) is 12.2 Å². The molecule has 0 spiro atoms. The largest absolute Gasteiger partial charge is 0.497 e. The summed E-state index contributed by atoms with van der Waals surface area (Å²) in [7, 11) is 1.60. The molecule has 2 aromatic rings. The summed E-state index contributed by atoms with van der Waals surface area (Å²) in [5.74, 6) is 0.538. The number of hydrogen-bond acceptors (Lipinski definition) is 3. The van der Waals surface area contributed by atoms with Crippen LogP contribution in [0.2, 0.25) is 0 Å². The summed E-state index contributed by atoms with van der Waals surface area (Å²) in [6, 6.07) is 10.6. The van der Waals surface area contributed by atoms with Crippen LogP contribution in [0.3, 0.4) is 0 Å². The van der Waals surface area contributed by atoms with Crippen LogP contribution in [-0.4, -0.2) is 28.7 Å². The van der Waals surface area contributed by atoms with Gasteiger partial charge >= 0.3 is 0 Å². The van der Waals surface area contributed by atoms with Gasteiger partial charge in [-0.05, 0) is 50.6 Å². The molecule has 0 aliphatic heterocycles. The molecule has 2 rings (SSSR count). The third-order valence-electron chi connectivity index (χ3n) is 3.86. The lowest BCUT2D eigenvalue weighted by Crippen LogP contribution is -2.38. The first-order valence-corrected chi connectivity index (χ1v) is 7.73. The third-order valence-corrected chi connectivity index (χ3v) is 3.86. The van der Waals surface area contributed by atoms with Crippen molar-refractivity contribution < 1.29 is 14.6 Å². The summed E-state index contributed by atoms with van der Waals surface area (Å²) >= 11 is 0. The van der Waals surface area contributed by atoms with E-state index in [9.17, 15) is 9.90 Å². The lowest BCUT2D eigenvalue weighted by molar-refractivity contribution is 0.0842. The summed E-state index contributed by atoms with van der Waals surface area (Å²) in [5.41, 5.74) is 1.33. The molecule has 0 aliphatic carbocycles. The van der Waals surface area contributed by atoms with E-state index >= 15 is 0 Å². The Labute approximate surface area is 136 Å². The molecule has 0 bridgehead atoms. The lowest BCUT2D eigenvalue weighted by atomic mass is 10.0. The fourth-order valence-electron chi connectivity index (χ4n) is 2.49. The highest BCUT2D eigenvalue weighted by molar-refractivity contribution is 5.93. The summed E-state index contributed by atoms with van der Waals surface area (Å²) in [5, 5.41) is 13.3. The number of carbonyl (C=O) groups is 1. The predicted molar refractivity (Wildman–Crippen MR) is 89.7 cm³/mol. The van der Waals surface area contributed by atoms with E-state index in [1.54, 1.807) is 44.4 Å². The van der Waals surface area contributed by atoms with Crippen molar-refractivity contribution >= 4 is 5.91 Å². The minimum atomic E-state index is -0.785. The Kier molecular flexibility index (Phi) is 5.45. The van der Waals surface area contributed by atoms with E-state index in [-0.39, 0.29) is 11.9 Å². The second-order valence-corrected chi connectivity index (χ2v) is 5.87. The van der Waals surface area contributed by atoms with E-state index in [4.69, 9.17) is 4.74 Å². The number of ether oxygens (including phenoxy) is 1. The van der Waals surface area contributed by atoms with Crippen LogP contribution >= 0.6 is 0 Å². The Balaban J connectivity index is 2.06. The number of aliphatic hydroxyl groups is 1. The van der Waals surface area contributed by atoms with Crippen molar-refractivity contribution in [2.24, 2.45) is 0 Å². The molecule has 1 heterocycles. The topological polar surface area (TPSA) is 63.5 Å². The first-order chi connectivity index (χ1) is 10.9. The van der Waals surface area contributed by atoms with Crippen molar-refractivity contribution in [3.63, 3.8) is 0 Å². The van der Waals surface area contributed by atoms with E-state index in [1.807, 2.05) is 30.7 Å². The molecule has 5 heteroatoms. The van der Waals surface area contributed by atoms with Gasteiger partial charge in [-0.2, -0.15) is 0 Å². The number of aliphatic hydroxyl groups excluding tert-OH is 1. The van der Waals surface area contributed by atoms with Gasteiger partial charge in [-0.15, -0.1) is 0 Å². The highest BCUT2D eigenvalue weighted by Crippen LogP contribution is 2.20. The molecule has 0 saturated carbocycles. The highest BCUT2D eigenvalue weighted by atomic mass is 16.5. The van der Waals surface area contributed by atoms with Gasteiger partial charge in [0.25, 0.3) is 5.91 Å². The van der Waals surface area contributed by atoms with Gasteiger partial charge in [-0.1, -0.05) is 12.1 Å². The van der Waals surface area contributed by atoms with Crippen molar-refractivity contribution in [3.8, 4) is 5.75 Å². The monoisotopic (exact) mass is 316 g/mol. The molecule has 0 aliphatic rings. The number of benzene rings is 1. The number of amides is 1. The molecular formula is C18H24N2O3. The Morgan fingerprint density at radius 1 is 1.17 bits per heavy atom. The summed E-state index contributed by atoms with van der Waals surface area (Å²) in [4.78, 5) is 12.4. The smallest absolute Gasteiger partial charge is 0.268 e. The second kappa shape index (κ2) is 7.33. The SMILES string of the molecule is COc1ccc(C(O)C(C)NC(=O)c2cccn2C(C)C)cc1. The summed E-state index contributed by atoms with van der Waals surface area (Å²) in [6.07, 6.45) is 1.09. The Hall–Kier alpha value is -2.27. The van der Waals surface area contributed by atoms with Crippen molar-refractivity contribution in [3.05, 3.63) is 53.9 Å². The first-order valence-electron chi connectivity index (χ1n) is 7.73. The minimum absolute atomic E-state index is 0.191. The Morgan fingerprint density at radius 2 is 1.83 bits per heavy atom. The van der Waals surface area contributed by atoms with Gasteiger partial charge in [-0.3, -0.25) is 4.79 Å². The average molecular weight is 316 g/mol. The Morgan fingerprint density at radius 3 is 2.39 bits per heavy atom. The van der Waals surface area contributed by atoms with Crippen LogP contribution in [0.4, 0.5) is 0 Å². The van der Waals surface area contributed by atoms with Crippen LogP contribution < -0.4 is 10.1 Å².